The number of nitrogens with two attached hydrogens (primary N) is 1. The van der Waals surface area contributed by atoms with Gasteiger partial charge in [-0.15, -0.1) is 0 Å². The summed E-state index contributed by atoms with van der Waals surface area (Å²) in [5, 5.41) is 12.2. The molecule has 3 rings (SSSR count). The molecule has 3 atom stereocenters. The largest absolute Gasteiger partial charge is 0.394 e. The number of ether oxygens (including phenoxy) is 1. The SMILES string of the molecule is CC.CC.CNc1nc(N)nc2c1ncn2C1OC(CO)CC1C. The second-order valence-corrected chi connectivity index (χ2v) is 5.05. The number of rotatable bonds is 3. The molecule has 0 amide bonds. The Bertz CT molecular complexity index is 630. The average molecular weight is 338 g/mol. The Balaban J connectivity index is 0.000000671. The monoisotopic (exact) mass is 338 g/mol. The fourth-order valence-electron chi connectivity index (χ4n) is 2.67. The van der Waals surface area contributed by atoms with Gasteiger partial charge >= 0.3 is 0 Å². The number of fused-ring (bicyclic) bond motifs is 1. The van der Waals surface area contributed by atoms with Gasteiger partial charge in [-0.25, -0.2) is 4.98 Å². The standard InChI is InChI=1S/C12H18N6O2.2C2H6/c1-6-3-7(4-19)20-11(6)18-5-15-8-9(14-2)16-12(13)17-10(8)18;2*1-2/h5-7,11,19H,3-4H2,1-2H3,(H3,13,14,16,17);2*1-2H3. The van der Waals surface area contributed by atoms with Crippen molar-refractivity contribution in [2.75, 3.05) is 24.7 Å². The molecule has 0 saturated carbocycles. The van der Waals surface area contributed by atoms with Crippen LogP contribution in [0.15, 0.2) is 6.33 Å². The Kier molecular flexibility index (Phi) is 7.87. The summed E-state index contributed by atoms with van der Waals surface area (Å²) < 4.78 is 7.70. The van der Waals surface area contributed by atoms with E-state index in [4.69, 9.17) is 10.5 Å². The molecule has 2 aromatic rings. The summed E-state index contributed by atoms with van der Waals surface area (Å²) in [6.07, 6.45) is 2.15. The van der Waals surface area contributed by atoms with Gasteiger partial charge in [0, 0.05) is 13.0 Å². The molecule has 4 N–H and O–H groups in total. The Morgan fingerprint density at radius 2 is 2.00 bits per heavy atom. The molecule has 0 aromatic carbocycles. The van der Waals surface area contributed by atoms with E-state index in [1.165, 1.54) is 0 Å². The van der Waals surface area contributed by atoms with Crippen molar-refractivity contribution in [2.24, 2.45) is 5.92 Å². The summed E-state index contributed by atoms with van der Waals surface area (Å²) in [5.74, 6) is 1.04. The fourth-order valence-corrected chi connectivity index (χ4v) is 2.67. The minimum absolute atomic E-state index is 0.0202. The van der Waals surface area contributed by atoms with Crippen LogP contribution in [0.4, 0.5) is 11.8 Å². The summed E-state index contributed by atoms with van der Waals surface area (Å²) in [6, 6.07) is 0. The predicted molar refractivity (Wildman–Crippen MR) is 96.8 cm³/mol. The van der Waals surface area contributed by atoms with Gasteiger partial charge < -0.3 is 20.9 Å². The van der Waals surface area contributed by atoms with Crippen LogP contribution < -0.4 is 11.1 Å². The number of aliphatic hydroxyl groups excluding tert-OH is 1. The van der Waals surface area contributed by atoms with Crippen LogP contribution in [0.2, 0.25) is 0 Å². The van der Waals surface area contributed by atoms with Crippen molar-refractivity contribution in [1.82, 2.24) is 19.5 Å². The molecular weight excluding hydrogens is 308 g/mol. The number of nitrogen functional groups attached to an aromatic ring is 1. The summed E-state index contributed by atoms with van der Waals surface area (Å²) in [6.45, 7) is 10.1. The zero-order chi connectivity index (χ0) is 18.3. The van der Waals surface area contributed by atoms with Gasteiger partial charge in [-0.3, -0.25) is 4.57 Å². The average Bonchev–Trinajstić information content (AvgIpc) is 3.20. The van der Waals surface area contributed by atoms with E-state index in [2.05, 4.69) is 27.2 Å². The Morgan fingerprint density at radius 3 is 2.54 bits per heavy atom. The van der Waals surface area contributed by atoms with Crippen molar-refractivity contribution in [3.8, 4) is 0 Å². The van der Waals surface area contributed by atoms with Crippen LogP contribution in [0, 0.1) is 5.92 Å². The first-order valence-corrected chi connectivity index (χ1v) is 8.58. The molecule has 3 unspecified atom stereocenters. The van der Waals surface area contributed by atoms with Crippen molar-refractivity contribution >= 4 is 22.9 Å². The molecule has 136 valence electrons. The van der Waals surface area contributed by atoms with Crippen LogP contribution in [0.3, 0.4) is 0 Å². The topological polar surface area (TPSA) is 111 Å². The van der Waals surface area contributed by atoms with Crippen LogP contribution in [0.25, 0.3) is 11.2 Å². The van der Waals surface area contributed by atoms with Crippen molar-refractivity contribution < 1.29 is 9.84 Å². The van der Waals surface area contributed by atoms with Crippen LogP contribution >= 0.6 is 0 Å². The van der Waals surface area contributed by atoms with Crippen LogP contribution in [0.1, 0.15) is 47.3 Å². The Morgan fingerprint density at radius 1 is 1.33 bits per heavy atom. The van der Waals surface area contributed by atoms with E-state index in [1.54, 1.807) is 13.4 Å². The number of hydrogen-bond donors (Lipinski definition) is 3. The molecule has 1 aliphatic rings. The zero-order valence-electron chi connectivity index (χ0n) is 15.4. The molecule has 1 aliphatic heterocycles. The van der Waals surface area contributed by atoms with Gasteiger partial charge in [-0.2, -0.15) is 9.97 Å². The van der Waals surface area contributed by atoms with Gasteiger partial charge in [0.15, 0.2) is 17.0 Å². The quantitative estimate of drug-likeness (QED) is 0.788. The Labute approximate surface area is 143 Å². The van der Waals surface area contributed by atoms with Gasteiger partial charge in [-0.05, 0) is 6.42 Å². The zero-order valence-corrected chi connectivity index (χ0v) is 15.4. The lowest BCUT2D eigenvalue weighted by atomic mass is 10.1. The lowest BCUT2D eigenvalue weighted by Gasteiger charge is -2.17. The minimum Gasteiger partial charge on any atom is -0.394 e. The minimum atomic E-state index is -0.198. The third-order valence-corrected chi connectivity index (χ3v) is 3.61. The lowest BCUT2D eigenvalue weighted by molar-refractivity contribution is -0.0294. The third-order valence-electron chi connectivity index (χ3n) is 3.61. The number of aromatic nitrogens is 4. The molecule has 8 heteroatoms. The molecule has 0 bridgehead atoms. The molecule has 0 radical (unpaired) electrons. The smallest absolute Gasteiger partial charge is 0.224 e. The molecule has 3 heterocycles. The highest BCUT2D eigenvalue weighted by Gasteiger charge is 2.34. The lowest BCUT2D eigenvalue weighted by Crippen LogP contribution is -2.15. The molecule has 0 aliphatic carbocycles. The maximum atomic E-state index is 9.23. The molecule has 1 saturated heterocycles. The maximum Gasteiger partial charge on any atom is 0.224 e. The van der Waals surface area contributed by atoms with Gasteiger partial charge in [0.05, 0.1) is 19.0 Å². The molecule has 8 nitrogen and oxygen atoms in total. The van der Waals surface area contributed by atoms with E-state index >= 15 is 0 Å². The summed E-state index contributed by atoms with van der Waals surface area (Å²) in [5.41, 5.74) is 7.02. The second-order valence-electron chi connectivity index (χ2n) is 5.05. The first kappa shape index (κ1) is 20.1. The van der Waals surface area contributed by atoms with Gasteiger partial charge in [-0.1, -0.05) is 34.6 Å². The summed E-state index contributed by atoms with van der Waals surface area (Å²) in [7, 11) is 1.76. The summed E-state index contributed by atoms with van der Waals surface area (Å²) >= 11 is 0. The first-order chi connectivity index (χ1) is 11.6. The number of nitrogens with one attached hydrogen (secondary N) is 1. The van der Waals surface area contributed by atoms with Crippen molar-refractivity contribution in [1.29, 1.82) is 0 Å². The number of nitrogens with zero attached hydrogens (tertiary/aromatic N) is 4. The summed E-state index contributed by atoms with van der Waals surface area (Å²) in [4.78, 5) is 12.7. The molecular formula is C16H30N6O2. The number of hydrogen-bond acceptors (Lipinski definition) is 7. The van der Waals surface area contributed by atoms with Crippen LogP contribution in [0.5, 0.6) is 0 Å². The number of anilines is 2. The third kappa shape index (κ3) is 3.93. The molecule has 24 heavy (non-hydrogen) atoms. The normalized spacial score (nSPS) is 22.4. The molecule has 0 spiro atoms. The van der Waals surface area contributed by atoms with Crippen LogP contribution in [-0.4, -0.2) is 44.4 Å². The van der Waals surface area contributed by atoms with E-state index in [-0.39, 0.29) is 30.8 Å². The van der Waals surface area contributed by atoms with E-state index in [9.17, 15) is 5.11 Å². The van der Waals surface area contributed by atoms with E-state index in [1.807, 2.05) is 32.3 Å². The van der Waals surface area contributed by atoms with E-state index < -0.39 is 0 Å². The molecule has 1 fully saturated rings. The van der Waals surface area contributed by atoms with Crippen molar-refractivity contribution in [2.45, 2.75) is 53.4 Å². The van der Waals surface area contributed by atoms with Gasteiger partial charge in [0.25, 0.3) is 0 Å². The van der Waals surface area contributed by atoms with Gasteiger partial charge in [0.1, 0.15) is 6.23 Å². The van der Waals surface area contributed by atoms with Crippen LogP contribution in [-0.2, 0) is 4.74 Å². The van der Waals surface area contributed by atoms with Gasteiger partial charge in [0.2, 0.25) is 5.95 Å². The highest BCUT2D eigenvalue weighted by Crippen LogP contribution is 2.36. The molecule has 2 aromatic heterocycles. The van der Waals surface area contributed by atoms with E-state index in [0.717, 1.165) is 6.42 Å². The van der Waals surface area contributed by atoms with Crippen molar-refractivity contribution in [3.63, 3.8) is 0 Å². The predicted octanol–water partition coefficient (Wildman–Crippen LogP) is 2.42. The fraction of sp³-hybridized carbons (Fsp3) is 0.688. The van der Waals surface area contributed by atoms with Crippen molar-refractivity contribution in [3.05, 3.63) is 6.33 Å². The first-order valence-electron chi connectivity index (χ1n) is 8.58. The maximum absolute atomic E-state index is 9.23. The van der Waals surface area contributed by atoms with E-state index in [0.29, 0.717) is 17.0 Å². The number of imidazole rings is 1. The highest BCUT2D eigenvalue weighted by molar-refractivity contribution is 5.84. The highest BCUT2D eigenvalue weighted by atomic mass is 16.5. The second kappa shape index (κ2) is 9.39. The number of aliphatic hydroxyl groups is 1. The Hall–Kier alpha value is -1.93.